The van der Waals surface area contributed by atoms with Gasteiger partial charge in [-0.15, -0.1) is 0 Å². The van der Waals surface area contributed by atoms with Gasteiger partial charge in [0.1, 0.15) is 0 Å². The zero-order valence-electron chi connectivity index (χ0n) is 15.0. The van der Waals surface area contributed by atoms with Crippen molar-refractivity contribution >= 4 is 40.2 Å². The molecule has 0 radical (unpaired) electrons. The van der Waals surface area contributed by atoms with Crippen LogP contribution in [0.25, 0.3) is 10.9 Å². The molecule has 8 heteroatoms. The number of fused-ring (bicyclic) bond motifs is 1. The minimum atomic E-state index is -0.108. The second-order valence-electron chi connectivity index (χ2n) is 6.98. The molecule has 6 nitrogen and oxygen atoms in total. The summed E-state index contributed by atoms with van der Waals surface area (Å²) < 4.78 is 7.37. The van der Waals surface area contributed by atoms with E-state index < -0.39 is 0 Å². The molecule has 2 fully saturated rings. The van der Waals surface area contributed by atoms with E-state index in [1.165, 1.54) is 11.8 Å². The van der Waals surface area contributed by atoms with Crippen LogP contribution < -0.4 is 5.56 Å². The molecule has 3 heterocycles. The molecule has 0 unspecified atom stereocenters. The monoisotopic (exact) mass is 407 g/mol. The van der Waals surface area contributed by atoms with E-state index in [9.17, 15) is 9.59 Å². The maximum absolute atomic E-state index is 13.1. The number of aromatic nitrogens is 2. The molecular weight excluding hydrogens is 386 g/mol. The Bertz CT molecular complexity index is 905. The molecule has 0 aliphatic carbocycles. The summed E-state index contributed by atoms with van der Waals surface area (Å²) in [6, 6.07) is 5.11. The number of hydrogen-bond donors (Lipinski definition) is 0. The molecule has 27 heavy (non-hydrogen) atoms. The fourth-order valence-electron chi connectivity index (χ4n) is 3.62. The van der Waals surface area contributed by atoms with Crippen LogP contribution in [0.3, 0.4) is 0 Å². The molecule has 1 aromatic heterocycles. The third-order valence-electron chi connectivity index (χ3n) is 5.08. The molecule has 144 valence electrons. The highest BCUT2D eigenvalue weighted by Gasteiger charge is 2.22. The van der Waals surface area contributed by atoms with Crippen LogP contribution in [0.2, 0.25) is 5.02 Å². The number of ether oxygens (including phenoxy) is 1. The number of hydrogen-bond acceptors (Lipinski definition) is 5. The second-order valence-corrected chi connectivity index (χ2v) is 8.36. The molecule has 0 N–H and O–H groups in total. The molecule has 2 aromatic rings. The quantitative estimate of drug-likeness (QED) is 0.563. The number of carbonyl (C=O) groups excluding carboxylic acids is 1. The Balaban J connectivity index is 1.64. The Morgan fingerprint density at radius 2 is 2.11 bits per heavy atom. The minimum absolute atomic E-state index is 0.0166. The van der Waals surface area contributed by atoms with Gasteiger partial charge >= 0.3 is 0 Å². The fourth-order valence-corrected chi connectivity index (χ4v) is 4.70. The molecule has 1 amide bonds. The molecule has 0 spiro atoms. The molecule has 1 aromatic carbocycles. The molecular formula is C19H22ClN3O3S. The lowest BCUT2D eigenvalue weighted by Gasteiger charge is -2.18. The van der Waals surface area contributed by atoms with Gasteiger partial charge in [0.2, 0.25) is 5.91 Å². The number of halogens is 1. The Hall–Kier alpha value is -1.57. The third-order valence-corrected chi connectivity index (χ3v) is 6.27. The second kappa shape index (κ2) is 8.20. The van der Waals surface area contributed by atoms with Crippen LogP contribution in [-0.2, 0) is 16.1 Å². The van der Waals surface area contributed by atoms with Crippen LogP contribution in [0.5, 0.6) is 0 Å². The van der Waals surface area contributed by atoms with Crippen molar-refractivity contribution < 1.29 is 9.53 Å². The number of likely N-dealkylation sites (tertiary alicyclic amines) is 1. The topological polar surface area (TPSA) is 64.4 Å². The number of rotatable bonds is 5. The zero-order chi connectivity index (χ0) is 18.8. The van der Waals surface area contributed by atoms with Crippen LogP contribution in [0.15, 0.2) is 28.2 Å². The maximum atomic E-state index is 13.1. The molecule has 2 aliphatic heterocycles. The smallest absolute Gasteiger partial charge is 0.262 e. The summed E-state index contributed by atoms with van der Waals surface area (Å²) in [5.41, 5.74) is 0.454. The first-order chi connectivity index (χ1) is 13.1. The highest BCUT2D eigenvalue weighted by molar-refractivity contribution is 7.99. The van der Waals surface area contributed by atoms with Crippen molar-refractivity contribution in [3.63, 3.8) is 0 Å². The summed E-state index contributed by atoms with van der Waals surface area (Å²) in [4.78, 5) is 32.0. The van der Waals surface area contributed by atoms with Crippen molar-refractivity contribution in [1.82, 2.24) is 14.5 Å². The highest BCUT2D eigenvalue weighted by atomic mass is 35.5. The van der Waals surface area contributed by atoms with E-state index in [2.05, 4.69) is 4.98 Å². The van der Waals surface area contributed by atoms with Gasteiger partial charge in [-0.1, -0.05) is 23.4 Å². The largest absolute Gasteiger partial charge is 0.376 e. The van der Waals surface area contributed by atoms with Gasteiger partial charge in [-0.3, -0.25) is 14.2 Å². The van der Waals surface area contributed by atoms with Crippen LogP contribution in [0, 0.1) is 0 Å². The Morgan fingerprint density at radius 1 is 1.30 bits per heavy atom. The van der Waals surface area contributed by atoms with E-state index in [-0.39, 0.29) is 23.3 Å². The van der Waals surface area contributed by atoms with Gasteiger partial charge in [0.25, 0.3) is 5.56 Å². The first kappa shape index (κ1) is 18.8. The van der Waals surface area contributed by atoms with E-state index >= 15 is 0 Å². The molecule has 2 aliphatic rings. The lowest BCUT2D eigenvalue weighted by Crippen LogP contribution is -2.31. The SMILES string of the molecule is O=C(CSc1nc2cc(Cl)ccc2c(=O)n1C[C@@H]1CCCO1)N1CCCC1. The summed E-state index contributed by atoms with van der Waals surface area (Å²) in [5.74, 6) is 0.380. The van der Waals surface area contributed by atoms with Gasteiger partial charge < -0.3 is 9.64 Å². The normalized spacial score (nSPS) is 19.9. The highest BCUT2D eigenvalue weighted by Crippen LogP contribution is 2.23. The first-order valence-electron chi connectivity index (χ1n) is 9.34. The van der Waals surface area contributed by atoms with Gasteiger partial charge in [-0.25, -0.2) is 4.98 Å². The van der Waals surface area contributed by atoms with E-state index in [1.54, 1.807) is 22.8 Å². The Labute approximate surface area is 166 Å². The van der Waals surface area contributed by atoms with Gasteiger partial charge in [0, 0.05) is 24.7 Å². The van der Waals surface area contributed by atoms with Crippen molar-refractivity contribution in [1.29, 1.82) is 0 Å². The van der Waals surface area contributed by atoms with Crippen molar-refractivity contribution in [2.45, 2.75) is 43.5 Å². The van der Waals surface area contributed by atoms with Crippen LogP contribution >= 0.6 is 23.4 Å². The maximum Gasteiger partial charge on any atom is 0.262 e. The molecule has 4 rings (SSSR count). The van der Waals surface area contributed by atoms with Crippen molar-refractivity contribution in [2.24, 2.45) is 0 Å². The van der Waals surface area contributed by atoms with Gasteiger partial charge in [0.15, 0.2) is 5.16 Å². The predicted octanol–water partition coefficient (Wildman–Crippen LogP) is 2.94. The number of nitrogens with zero attached hydrogens (tertiary/aromatic N) is 3. The Kier molecular flexibility index (Phi) is 5.71. The van der Waals surface area contributed by atoms with Crippen molar-refractivity contribution in [3.8, 4) is 0 Å². The summed E-state index contributed by atoms with van der Waals surface area (Å²) in [7, 11) is 0. The number of benzene rings is 1. The lowest BCUT2D eigenvalue weighted by atomic mass is 10.2. The molecule has 2 saturated heterocycles. The molecule has 1 atom stereocenters. The average Bonchev–Trinajstić information content (AvgIpc) is 3.36. The predicted molar refractivity (Wildman–Crippen MR) is 107 cm³/mol. The first-order valence-corrected chi connectivity index (χ1v) is 10.7. The summed E-state index contributed by atoms with van der Waals surface area (Å²) in [6.45, 7) is 2.84. The molecule has 0 bridgehead atoms. The number of carbonyl (C=O) groups is 1. The van der Waals surface area contributed by atoms with E-state index in [1.807, 2.05) is 4.90 Å². The van der Waals surface area contributed by atoms with Crippen LogP contribution in [0.1, 0.15) is 25.7 Å². The molecule has 0 saturated carbocycles. The fraction of sp³-hybridized carbons (Fsp3) is 0.526. The summed E-state index contributed by atoms with van der Waals surface area (Å²) in [5, 5.41) is 1.63. The standard InChI is InChI=1S/C19H22ClN3O3S/c20-13-5-6-15-16(10-13)21-19(27-12-17(24)22-7-1-2-8-22)23(18(15)25)11-14-4-3-9-26-14/h5-6,10,14H,1-4,7-9,11-12H2/t14-/m0/s1. The van der Waals surface area contributed by atoms with Gasteiger partial charge in [-0.05, 0) is 43.9 Å². The van der Waals surface area contributed by atoms with Gasteiger partial charge in [0.05, 0.1) is 29.3 Å². The Morgan fingerprint density at radius 3 is 2.85 bits per heavy atom. The van der Waals surface area contributed by atoms with E-state index in [4.69, 9.17) is 16.3 Å². The van der Waals surface area contributed by atoms with E-state index in [0.29, 0.717) is 27.6 Å². The average molecular weight is 408 g/mol. The van der Waals surface area contributed by atoms with Gasteiger partial charge in [-0.2, -0.15) is 0 Å². The number of thioether (sulfide) groups is 1. The lowest BCUT2D eigenvalue weighted by molar-refractivity contribution is -0.127. The third kappa shape index (κ3) is 4.15. The minimum Gasteiger partial charge on any atom is -0.376 e. The zero-order valence-corrected chi connectivity index (χ0v) is 16.6. The van der Waals surface area contributed by atoms with Crippen LogP contribution in [0.4, 0.5) is 0 Å². The summed E-state index contributed by atoms with van der Waals surface area (Å²) in [6.07, 6.45) is 4.08. The number of amides is 1. The van der Waals surface area contributed by atoms with Crippen LogP contribution in [-0.4, -0.2) is 51.9 Å². The van der Waals surface area contributed by atoms with E-state index in [0.717, 1.165) is 45.4 Å². The summed E-state index contributed by atoms with van der Waals surface area (Å²) >= 11 is 7.40. The van der Waals surface area contributed by atoms with Crippen molar-refractivity contribution in [3.05, 3.63) is 33.6 Å². The van der Waals surface area contributed by atoms with Crippen molar-refractivity contribution in [2.75, 3.05) is 25.4 Å².